The predicted octanol–water partition coefficient (Wildman–Crippen LogP) is 2.93. The van der Waals surface area contributed by atoms with Gasteiger partial charge >= 0.3 is 5.97 Å². The molecule has 28 heavy (non-hydrogen) atoms. The van der Waals surface area contributed by atoms with Gasteiger partial charge in [-0.1, -0.05) is 35.6 Å². The monoisotopic (exact) mass is 401 g/mol. The fourth-order valence-corrected chi connectivity index (χ4v) is 3.98. The lowest BCUT2D eigenvalue weighted by atomic mass is 9.99. The summed E-state index contributed by atoms with van der Waals surface area (Å²) in [5, 5.41) is 3.00. The fourth-order valence-electron chi connectivity index (χ4n) is 3.10. The number of carbonyl (C=O) groups excluding carboxylic acids is 3. The number of thiazole rings is 1. The number of rotatable bonds is 6. The standard InChI is InChI=1S/C20H23N3O4S/c1-3-27-19(26)18-13(2)21-20(28-18)22-16(24)8-9-17(25)23-11-10-14-6-4-5-7-15(14)12-23/h4-7H,3,8-12H2,1-2H3,(H,21,22,24). The molecule has 0 bridgehead atoms. The maximum absolute atomic E-state index is 12.5. The van der Waals surface area contributed by atoms with Gasteiger partial charge in [0, 0.05) is 25.9 Å². The van der Waals surface area contributed by atoms with Crippen LogP contribution in [0.2, 0.25) is 0 Å². The summed E-state index contributed by atoms with van der Waals surface area (Å²) < 4.78 is 4.97. The topological polar surface area (TPSA) is 88.6 Å². The summed E-state index contributed by atoms with van der Waals surface area (Å²) in [6, 6.07) is 8.10. The zero-order valence-electron chi connectivity index (χ0n) is 16.0. The summed E-state index contributed by atoms with van der Waals surface area (Å²) in [5.41, 5.74) is 2.96. The van der Waals surface area contributed by atoms with Crippen LogP contribution in [0.4, 0.5) is 5.13 Å². The van der Waals surface area contributed by atoms with Gasteiger partial charge in [0.2, 0.25) is 11.8 Å². The smallest absolute Gasteiger partial charge is 0.350 e. The molecule has 2 aromatic rings. The van der Waals surface area contributed by atoms with Gasteiger partial charge in [0.05, 0.1) is 12.3 Å². The number of aryl methyl sites for hydroxylation is 1. The van der Waals surface area contributed by atoms with Crippen molar-refractivity contribution in [2.24, 2.45) is 0 Å². The number of nitrogens with one attached hydrogen (secondary N) is 1. The fraction of sp³-hybridized carbons (Fsp3) is 0.400. The molecule has 7 nitrogen and oxygen atoms in total. The molecule has 1 aliphatic rings. The Morgan fingerprint density at radius 2 is 1.96 bits per heavy atom. The molecule has 2 heterocycles. The van der Waals surface area contributed by atoms with Crippen LogP contribution in [0.15, 0.2) is 24.3 Å². The quantitative estimate of drug-likeness (QED) is 0.752. The summed E-state index contributed by atoms with van der Waals surface area (Å²) in [5.74, 6) is -0.777. The van der Waals surface area contributed by atoms with Crippen molar-refractivity contribution >= 4 is 34.3 Å². The summed E-state index contributed by atoms with van der Waals surface area (Å²) in [4.78, 5) is 42.8. The molecule has 0 spiro atoms. The molecular formula is C20H23N3O4S. The second kappa shape index (κ2) is 8.97. The van der Waals surface area contributed by atoms with Crippen LogP contribution in [0.3, 0.4) is 0 Å². The van der Waals surface area contributed by atoms with E-state index in [1.807, 2.05) is 18.2 Å². The van der Waals surface area contributed by atoms with Gasteiger partial charge < -0.3 is 15.0 Å². The lowest BCUT2D eigenvalue weighted by molar-refractivity contribution is -0.133. The van der Waals surface area contributed by atoms with Gasteiger partial charge in [0.1, 0.15) is 4.88 Å². The van der Waals surface area contributed by atoms with Crippen molar-refractivity contribution in [3.63, 3.8) is 0 Å². The van der Waals surface area contributed by atoms with Crippen molar-refractivity contribution in [3.05, 3.63) is 46.0 Å². The molecule has 0 aliphatic carbocycles. The van der Waals surface area contributed by atoms with Crippen LogP contribution in [0.1, 0.15) is 46.3 Å². The average molecular weight is 401 g/mol. The Morgan fingerprint density at radius 1 is 1.21 bits per heavy atom. The van der Waals surface area contributed by atoms with Gasteiger partial charge in [-0.05, 0) is 31.4 Å². The van der Waals surface area contributed by atoms with Crippen LogP contribution < -0.4 is 5.32 Å². The Morgan fingerprint density at radius 3 is 2.71 bits per heavy atom. The highest BCUT2D eigenvalue weighted by Crippen LogP contribution is 2.24. The van der Waals surface area contributed by atoms with E-state index >= 15 is 0 Å². The lowest BCUT2D eigenvalue weighted by Gasteiger charge is -2.28. The summed E-state index contributed by atoms with van der Waals surface area (Å²) in [6.07, 6.45) is 1.05. The Balaban J connectivity index is 1.50. The molecule has 1 aromatic heterocycles. The largest absolute Gasteiger partial charge is 0.462 e. The molecule has 148 valence electrons. The Labute approximate surface area is 167 Å². The number of fused-ring (bicyclic) bond motifs is 1. The molecule has 1 aliphatic heterocycles. The summed E-state index contributed by atoms with van der Waals surface area (Å²) in [6.45, 7) is 4.96. The zero-order chi connectivity index (χ0) is 20.1. The van der Waals surface area contributed by atoms with Crippen molar-refractivity contribution in [2.75, 3.05) is 18.5 Å². The first-order valence-electron chi connectivity index (χ1n) is 9.27. The molecular weight excluding hydrogens is 378 g/mol. The number of carbonyl (C=O) groups is 3. The zero-order valence-corrected chi connectivity index (χ0v) is 16.8. The highest BCUT2D eigenvalue weighted by molar-refractivity contribution is 7.17. The van der Waals surface area contributed by atoms with Crippen molar-refractivity contribution in [2.45, 2.75) is 39.7 Å². The predicted molar refractivity (Wildman–Crippen MR) is 106 cm³/mol. The molecule has 0 fully saturated rings. The first-order chi connectivity index (χ1) is 13.5. The normalized spacial score (nSPS) is 13.0. The van der Waals surface area contributed by atoms with Crippen molar-refractivity contribution < 1.29 is 19.1 Å². The van der Waals surface area contributed by atoms with E-state index in [0.29, 0.717) is 28.8 Å². The van der Waals surface area contributed by atoms with Gasteiger partial charge in [-0.2, -0.15) is 0 Å². The van der Waals surface area contributed by atoms with E-state index in [4.69, 9.17) is 4.74 Å². The van der Waals surface area contributed by atoms with Gasteiger partial charge in [-0.15, -0.1) is 0 Å². The molecule has 8 heteroatoms. The number of nitrogens with zero attached hydrogens (tertiary/aromatic N) is 2. The third-order valence-corrected chi connectivity index (χ3v) is 5.61. The molecule has 3 rings (SSSR count). The first kappa shape index (κ1) is 20.0. The van der Waals surface area contributed by atoms with Crippen LogP contribution in [0.5, 0.6) is 0 Å². The van der Waals surface area contributed by atoms with E-state index in [9.17, 15) is 14.4 Å². The van der Waals surface area contributed by atoms with E-state index in [1.54, 1.807) is 18.7 Å². The third kappa shape index (κ3) is 4.75. The summed E-state index contributed by atoms with van der Waals surface area (Å²) >= 11 is 1.08. The maximum atomic E-state index is 12.5. The Kier molecular flexibility index (Phi) is 6.41. The number of benzene rings is 1. The Bertz CT molecular complexity index is 893. The van der Waals surface area contributed by atoms with Gasteiger partial charge in [-0.25, -0.2) is 9.78 Å². The van der Waals surface area contributed by atoms with Crippen LogP contribution in [0, 0.1) is 6.92 Å². The number of ether oxygens (including phenoxy) is 1. The maximum Gasteiger partial charge on any atom is 0.350 e. The lowest BCUT2D eigenvalue weighted by Crippen LogP contribution is -2.36. The van der Waals surface area contributed by atoms with E-state index in [0.717, 1.165) is 23.3 Å². The number of hydrogen-bond acceptors (Lipinski definition) is 6. The van der Waals surface area contributed by atoms with Crippen LogP contribution >= 0.6 is 11.3 Å². The Hall–Kier alpha value is -2.74. The van der Waals surface area contributed by atoms with E-state index in [-0.39, 0.29) is 31.3 Å². The minimum Gasteiger partial charge on any atom is -0.462 e. The minimum atomic E-state index is -0.446. The number of amides is 2. The van der Waals surface area contributed by atoms with Crippen molar-refractivity contribution in [1.82, 2.24) is 9.88 Å². The van der Waals surface area contributed by atoms with Crippen LogP contribution in [-0.2, 0) is 27.3 Å². The first-order valence-corrected chi connectivity index (χ1v) is 10.1. The highest BCUT2D eigenvalue weighted by atomic mass is 32.1. The molecule has 0 radical (unpaired) electrons. The van der Waals surface area contributed by atoms with E-state index in [2.05, 4.69) is 16.4 Å². The molecule has 1 N–H and O–H groups in total. The molecule has 0 atom stereocenters. The number of esters is 1. The minimum absolute atomic E-state index is 0.0350. The van der Waals surface area contributed by atoms with E-state index < -0.39 is 5.97 Å². The highest BCUT2D eigenvalue weighted by Gasteiger charge is 2.21. The molecule has 0 saturated heterocycles. The third-order valence-electron chi connectivity index (χ3n) is 4.55. The van der Waals surface area contributed by atoms with Gasteiger partial charge in [0.25, 0.3) is 0 Å². The number of aromatic nitrogens is 1. The van der Waals surface area contributed by atoms with Gasteiger partial charge in [0.15, 0.2) is 5.13 Å². The second-order valence-corrected chi connectivity index (χ2v) is 7.54. The van der Waals surface area contributed by atoms with Crippen molar-refractivity contribution in [3.8, 4) is 0 Å². The second-order valence-electron chi connectivity index (χ2n) is 6.54. The molecule has 0 unspecified atom stereocenters. The average Bonchev–Trinajstić information content (AvgIpc) is 3.06. The van der Waals surface area contributed by atoms with Gasteiger partial charge in [-0.3, -0.25) is 9.59 Å². The number of anilines is 1. The molecule has 0 saturated carbocycles. The molecule has 2 amide bonds. The van der Waals surface area contributed by atoms with Crippen molar-refractivity contribution in [1.29, 1.82) is 0 Å². The SMILES string of the molecule is CCOC(=O)c1sc(NC(=O)CCC(=O)N2CCc3ccccc3C2)nc1C. The number of hydrogen-bond donors (Lipinski definition) is 1. The van der Waals surface area contributed by atoms with Crippen LogP contribution in [-0.4, -0.2) is 40.8 Å². The molecule has 1 aromatic carbocycles. The summed E-state index contributed by atoms with van der Waals surface area (Å²) in [7, 11) is 0. The van der Waals surface area contributed by atoms with E-state index in [1.165, 1.54) is 5.56 Å². The van der Waals surface area contributed by atoms with Crippen LogP contribution in [0.25, 0.3) is 0 Å².